The molecule has 0 spiro atoms. The van der Waals surface area contributed by atoms with E-state index in [1.165, 1.54) is 0 Å². The number of rotatable bonds is 8. The van der Waals surface area contributed by atoms with E-state index >= 15 is 0 Å². The second-order valence-electron chi connectivity index (χ2n) is 7.33. The fourth-order valence-electron chi connectivity index (χ4n) is 3.69. The van der Waals surface area contributed by atoms with Crippen LogP contribution in [0.15, 0.2) is 72.8 Å². The minimum Gasteiger partial charge on any atom is -0.453 e. The van der Waals surface area contributed by atoms with Crippen molar-refractivity contribution < 1.29 is 4.74 Å². The first-order chi connectivity index (χ1) is 16.9. The molecule has 0 saturated carbocycles. The van der Waals surface area contributed by atoms with Crippen molar-refractivity contribution in [3.05, 3.63) is 92.9 Å². The molecule has 9 heteroatoms. The molecule has 4 aromatic rings. The molecule has 2 N–H and O–H groups in total. The van der Waals surface area contributed by atoms with Crippen molar-refractivity contribution >= 4 is 81.0 Å². The molecule has 0 radical (unpaired) electrons. The summed E-state index contributed by atoms with van der Waals surface area (Å²) in [4.78, 5) is 0. The highest BCUT2D eigenvalue weighted by Crippen LogP contribution is 2.47. The molecule has 3 nitrogen and oxygen atoms in total. The highest BCUT2D eigenvalue weighted by molar-refractivity contribution is 6.35. The van der Waals surface area contributed by atoms with Gasteiger partial charge in [-0.1, -0.05) is 70.7 Å². The Balaban J connectivity index is 1.85. The van der Waals surface area contributed by atoms with Crippen molar-refractivity contribution in [3.8, 4) is 33.8 Å². The third-order valence-electron chi connectivity index (χ3n) is 5.21. The van der Waals surface area contributed by atoms with Crippen LogP contribution in [-0.4, -0.2) is 12.0 Å². The van der Waals surface area contributed by atoms with Crippen LogP contribution in [0.2, 0.25) is 20.1 Å². The van der Waals surface area contributed by atoms with Crippen LogP contribution in [0.25, 0.3) is 22.3 Å². The van der Waals surface area contributed by atoms with Crippen molar-refractivity contribution in [1.82, 2.24) is 0 Å². The second-order valence-corrected chi connectivity index (χ2v) is 9.55. The van der Waals surface area contributed by atoms with Crippen LogP contribution in [0.5, 0.6) is 11.5 Å². The smallest absolute Gasteiger partial charge is 0.151 e. The second kappa shape index (κ2) is 11.8. The predicted octanol–water partition coefficient (Wildman–Crippen LogP) is 10.6. The fourth-order valence-corrected chi connectivity index (χ4v) is 4.74. The third kappa shape index (κ3) is 5.89. The molecule has 35 heavy (non-hydrogen) atoms. The average Bonchev–Trinajstić information content (AvgIpc) is 2.84. The molecule has 0 aromatic heterocycles. The summed E-state index contributed by atoms with van der Waals surface area (Å²) in [5.74, 6) is 1.03. The third-order valence-corrected chi connectivity index (χ3v) is 6.61. The number of hydrogen-bond acceptors (Lipinski definition) is 3. The number of ether oxygens (including phenoxy) is 1. The van der Waals surface area contributed by atoms with Crippen LogP contribution in [-0.2, 0) is 0 Å². The molecule has 4 aromatic carbocycles. The number of alkyl halides is 2. The van der Waals surface area contributed by atoms with E-state index in [1.807, 2.05) is 24.3 Å². The SMILES string of the molecule is ClCNc1c(Oc2ccc(Cl)c(-c3ccc(Cl)cc3)c2NCCl)ccc(Cl)c1-c1ccc(Cl)cc1. The van der Waals surface area contributed by atoms with E-state index in [0.717, 1.165) is 22.3 Å². The summed E-state index contributed by atoms with van der Waals surface area (Å²) in [6, 6.07) is 22.1. The van der Waals surface area contributed by atoms with Crippen LogP contribution in [0.1, 0.15) is 0 Å². The lowest BCUT2D eigenvalue weighted by atomic mass is 10.0. The van der Waals surface area contributed by atoms with Gasteiger partial charge in [-0.25, -0.2) is 0 Å². The fraction of sp³-hybridized carbons (Fsp3) is 0.0769. The maximum absolute atomic E-state index is 6.60. The minimum atomic E-state index is 0.140. The van der Waals surface area contributed by atoms with Crippen LogP contribution in [0.3, 0.4) is 0 Å². The summed E-state index contributed by atoms with van der Waals surface area (Å²) < 4.78 is 6.42. The van der Waals surface area contributed by atoms with Gasteiger partial charge in [0.2, 0.25) is 0 Å². The van der Waals surface area contributed by atoms with Crippen LogP contribution >= 0.6 is 69.6 Å². The zero-order valence-electron chi connectivity index (χ0n) is 18.0. The molecule has 180 valence electrons. The summed E-state index contributed by atoms with van der Waals surface area (Å²) in [6.45, 7) is 0. The van der Waals surface area contributed by atoms with Gasteiger partial charge in [0.1, 0.15) is 0 Å². The van der Waals surface area contributed by atoms with Gasteiger partial charge in [-0.2, -0.15) is 0 Å². The molecule has 0 saturated heterocycles. The Bertz CT molecular complexity index is 1220. The summed E-state index contributed by atoms with van der Waals surface area (Å²) in [6.07, 6.45) is 0. The monoisotopic (exact) mass is 584 g/mol. The molecule has 0 fully saturated rings. The Morgan fingerprint density at radius 2 is 0.886 bits per heavy atom. The Labute approximate surface area is 233 Å². The molecule has 0 aliphatic carbocycles. The molecule has 0 atom stereocenters. The largest absolute Gasteiger partial charge is 0.453 e. The summed E-state index contributed by atoms with van der Waals surface area (Å²) in [5.41, 5.74) is 4.45. The predicted molar refractivity (Wildman–Crippen MR) is 153 cm³/mol. The van der Waals surface area contributed by atoms with Crippen molar-refractivity contribution in [2.75, 3.05) is 22.6 Å². The lowest BCUT2D eigenvalue weighted by Crippen LogP contribution is -2.04. The summed E-state index contributed by atoms with van der Waals surface area (Å²) in [7, 11) is 0. The molecular weight excluding hydrogens is 569 g/mol. The van der Waals surface area contributed by atoms with E-state index in [4.69, 9.17) is 74.3 Å². The molecule has 0 aliphatic heterocycles. The number of nitrogens with one attached hydrogen (secondary N) is 2. The van der Waals surface area contributed by atoms with Crippen LogP contribution in [0, 0.1) is 0 Å². The standard InChI is InChI=1S/C26H18Cl6N2O/c27-13-33-25-21(11-9-19(31)23(25)15-1-5-17(29)6-2-15)35-22-12-10-20(32)24(26(22)34-14-28)16-3-7-18(30)8-4-16/h1-12,33-34H,13-14H2. The summed E-state index contributed by atoms with van der Waals surface area (Å²) in [5, 5.41) is 8.65. The van der Waals surface area contributed by atoms with E-state index < -0.39 is 0 Å². The van der Waals surface area contributed by atoms with Gasteiger partial charge in [-0.15, -0.1) is 23.2 Å². The molecule has 0 heterocycles. The van der Waals surface area contributed by atoms with E-state index in [2.05, 4.69) is 10.6 Å². The normalized spacial score (nSPS) is 10.8. The number of benzene rings is 4. The average molecular weight is 587 g/mol. The van der Waals surface area contributed by atoms with Gasteiger partial charge in [0.05, 0.1) is 33.4 Å². The number of anilines is 2. The van der Waals surface area contributed by atoms with Crippen LogP contribution in [0.4, 0.5) is 11.4 Å². The first-order valence-electron chi connectivity index (χ1n) is 10.4. The van der Waals surface area contributed by atoms with Gasteiger partial charge in [0.25, 0.3) is 0 Å². The van der Waals surface area contributed by atoms with Crippen molar-refractivity contribution in [2.45, 2.75) is 0 Å². The highest BCUT2D eigenvalue weighted by Gasteiger charge is 2.20. The van der Waals surface area contributed by atoms with E-state index in [1.54, 1.807) is 48.5 Å². The molecule has 0 aliphatic rings. The highest BCUT2D eigenvalue weighted by atomic mass is 35.5. The Morgan fingerprint density at radius 3 is 1.23 bits per heavy atom. The molecule has 4 rings (SSSR count). The molecule has 0 unspecified atom stereocenters. The van der Waals surface area contributed by atoms with E-state index in [9.17, 15) is 0 Å². The van der Waals surface area contributed by atoms with Gasteiger partial charge >= 0.3 is 0 Å². The van der Waals surface area contributed by atoms with E-state index in [0.29, 0.717) is 43.0 Å². The number of halogens is 6. The van der Waals surface area contributed by atoms with Crippen molar-refractivity contribution in [3.63, 3.8) is 0 Å². The zero-order valence-corrected chi connectivity index (χ0v) is 22.6. The lowest BCUT2D eigenvalue weighted by Gasteiger charge is -2.21. The lowest BCUT2D eigenvalue weighted by molar-refractivity contribution is 0.487. The van der Waals surface area contributed by atoms with Gasteiger partial charge in [0.15, 0.2) is 11.5 Å². The van der Waals surface area contributed by atoms with Crippen molar-refractivity contribution in [2.24, 2.45) is 0 Å². The van der Waals surface area contributed by atoms with Gasteiger partial charge in [0, 0.05) is 21.2 Å². The quantitative estimate of drug-likeness (QED) is 0.159. The Morgan fingerprint density at radius 1 is 0.514 bits per heavy atom. The molecular formula is C26H18Cl6N2O. The number of hydrogen-bond donors (Lipinski definition) is 2. The summed E-state index contributed by atoms with van der Waals surface area (Å²) >= 11 is 37.5. The first-order valence-corrected chi connectivity index (χ1v) is 13.0. The Hall–Kier alpha value is -1.98. The molecule has 0 amide bonds. The van der Waals surface area contributed by atoms with E-state index in [-0.39, 0.29) is 12.0 Å². The van der Waals surface area contributed by atoms with Crippen molar-refractivity contribution in [1.29, 1.82) is 0 Å². The van der Waals surface area contributed by atoms with Gasteiger partial charge < -0.3 is 15.4 Å². The first kappa shape index (κ1) is 26.1. The Kier molecular flexibility index (Phi) is 8.82. The maximum atomic E-state index is 6.60. The van der Waals surface area contributed by atoms with Crippen LogP contribution < -0.4 is 15.4 Å². The molecule has 0 bridgehead atoms. The van der Waals surface area contributed by atoms with Gasteiger partial charge in [-0.05, 0) is 59.7 Å². The van der Waals surface area contributed by atoms with Gasteiger partial charge in [-0.3, -0.25) is 0 Å². The topological polar surface area (TPSA) is 33.3 Å². The zero-order chi connectivity index (χ0) is 24.9. The maximum Gasteiger partial charge on any atom is 0.151 e. The minimum absolute atomic E-state index is 0.140.